The number of aromatic carboxylic acids is 1. The summed E-state index contributed by atoms with van der Waals surface area (Å²) in [5, 5.41) is 18.0. The van der Waals surface area contributed by atoms with Gasteiger partial charge in [0, 0.05) is 31.3 Å². The van der Waals surface area contributed by atoms with Crippen LogP contribution in [0.15, 0.2) is 12.4 Å². The van der Waals surface area contributed by atoms with Crippen LogP contribution in [0.2, 0.25) is 0 Å². The third-order valence-corrected chi connectivity index (χ3v) is 3.41. The average Bonchev–Trinajstić information content (AvgIpc) is 3.01. The molecule has 3 heterocycles. The lowest BCUT2D eigenvalue weighted by Crippen LogP contribution is -2.24. The molecule has 0 fully saturated rings. The zero-order chi connectivity index (χ0) is 14.3. The van der Waals surface area contributed by atoms with Crippen molar-refractivity contribution in [2.24, 2.45) is 0 Å². The molecule has 0 aromatic carbocycles. The molecule has 3 rings (SSSR count). The highest BCUT2D eigenvalue weighted by molar-refractivity contribution is 5.97. The van der Waals surface area contributed by atoms with E-state index in [2.05, 4.69) is 10.2 Å². The minimum absolute atomic E-state index is 0.00325. The van der Waals surface area contributed by atoms with E-state index in [1.165, 1.54) is 0 Å². The van der Waals surface area contributed by atoms with Crippen molar-refractivity contribution in [2.75, 3.05) is 0 Å². The second-order valence-corrected chi connectivity index (χ2v) is 4.86. The van der Waals surface area contributed by atoms with Crippen LogP contribution in [-0.2, 0) is 13.1 Å². The predicted octanol–water partition coefficient (Wildman–Crippen LogP) is 1.64. The summed E-state index contributed by atoms with van der Waals surface area (Å²) in [5.74, 6) is -0.685. The minimum Gasteiger partial charge on any atom is -0.477 e. The van der Waals surface area contributed by atoms with E-state index in [0.29, 0.717) is 23.7 Å². The van der Waals surface area contributed by atoms with Gasteiger partial charge < -0.3 is 9.84 Å². The summed E-state index contributed by atoms with van der Waals surface area (Å²) < 4.78 is 9.02. The molecule has 0 unspecified atom stereocenters. The Morgan fingerprint density at radius 3 is 3.05 bits per heavy atom. The molecular weight excluding hydrogens is 260 g/mol. The molecule has 106 valence electrons. The van der Waals surface area contributed by atoms with E-state index in [4.69, 9.17) is 4.74 Å². The zero-order valence-electron chi connectivity index (χ0n) is 11.4. The molecule has 0 aliphatic carbocycles. The molecular formula is C13H16N4O3. The Kier molecular flexibility index (Phi) is 2.96. The number of aryl methyl sites for hydroxylation is 2. The molecule has 7 heteroatoms. The number of fused-ring (bicyclic) bond motifs is 1. The summed E-state index contributed by atoms with van der Waals surface area (Å²) in [6, 6.07) is 0. The van der Waals surface area contributed by atoms with E-state index >= 15 is 0 Å². The lowest BCUT2D eigenvalue weighted by atomic mass is 10.1. The van der Waals surface area contributed by atoms with Crippen LogP contribution in [-0.4, -0.2) is 36.7 Å². The Labute approximate surface area is 115 Å². The van der Waals surface area contributed by atoms with E-state index in [1.54, 1.807) is 21.8 Å². The maximum absolute atomic E-state index is 11.6. The molecule has 0 amide bonds. The van der Waals surface area contributed by atoms with E-state index in [1.807, 2.05) is 13.8 Å². The van der Waals surface area contributed by atoms with Gasteiger partial charge in [-0.3, -0.25) is 4.68 Å². The van der Waals surface area contributed by atoms with Crippen LogP contribution < -0.4 is 4.74 Å². The molecule has 2 aromatic rings. The standard InChI is InChI=1S/C13H16N4O3/c1-3-16-7-9(6-14-16)11-10(13(18)19)12-17(15-11)5-4-8(2)20-12/h6-8H,3-5H2,1-2H3,(H,18,19)/t8-/m0/s1. The van der Waals surface area contributed by atoms with Crippen molar-refractivity contribution in [3.63, 3.8) is 0 Å². The van der Waals surface area contributed by atoms with Crippen LogP contribution in [0.3, 0.4) is 0 Å². The first-order valence-corrected chi connectivity index (χ1v) is 6.63. The first kappa shape index (κ1) is 12.7. The molecule has 1 aliphatic heterocycles. The summed E-state index contributed by atoms with van der Waals surface area (Å²) in [6.07, 6.45) is 4.25. The van der Waals surface area contributed by atoms with E-state index < -0.39 is 5.97 Å². The number of nitrogens with zero attached hydrogens (tertiary/aromatic N) is 4. The van der Waals surface area contributed by atoms with Gasteiger partial charge in [-0.25, -0.2) is 9.48 Å². The number of carboxylic acids is 1. The van der Waals surface area contributed by atoms with Crippen molar-refractivity contribution in [3.05, 3.63) is 18.0 Å². The van der Waals surface area contributed by atoms with E-state index in [-0.39, 0.29) is 11.7 Å². The van der Waals surface area contributed by atoms with Crippen LogP contribution in [0.25, 0.3) is 11.3 Å². The maximum Gasteiger partial charge on any atom is 0.343 e. The van der Waals surface area contributed by atoms with Crippen molar-refractivity contribution < 1.29 is 14.6 Å². The monoisotopic (exact) mass is 276 g/mol. The van der Waals surface area contributed by atoms with E-state index in [9.17, 15) is 9.90 Å². The minimum atomic E-state index is -1.03. The quantitative estimate of drug-likeness (QED) is 0.921. The van der Waals surface area contributed by atoms with Gasteiger partial charge in [0.1, 0.15) is 11.3 Å². The van der Waals surface area contributed by atoms with Crippen LogP contribution in [0.1, 0.15) is 30.6 Å². The number of ether oxygens (including phenoxy) is 1. The Morgan fingerprint density at radius 2 is 2.40 bits per heavy atom. The summed E-state index contributed by atoms with van der Waals surface area (Å²) in [6.45, 7) is 5.29. The topological polar surface area (TPSA) is 82.2 Å². The molecule has 1 aliphatic rings. The fourth-order valence-corrected chi connectivity index (χ4v) is 2.32. The molecule has 0 spiro atoms. The fourth-order valence-electron chi connectivity index (χ4n) is 2.32. The molecule has 0 saturated heterocycles. The van der Waals surface area contributed by atoms with Crippen molar-refractivity contribution in [1.29, 1.82) is 0 Å². The Hall–Kier alpha value is -2.31. The summed E-state index contributed by atoms with van der Waals surface area (Å²) in [7, 11) is 0. The largest absolute Gasteiger partial charge is 0.477 e. The highest BCUT2D eigenvalue weighted by Gasteiger charge is 2.30. The van der Waals surface area contributed by atoms with Gasteiger partial charge in [0.05, 0.1) is 12.3 Å². The van der Waals surface area contributed by atoms with Crippen LogP contribution in [0.5, 0.6) is 5.88 Å². The third kappa shape index (κ3) is 1.95. The number of rotatable bonds is 3. The molecule has 1 N–H and O–H groups in total. The van der Waals surface area contributed by atoms with Gasteiger partial charge in [-0.1, -0.05) is 0 Å². The van der Waals surface area contributed by atoms with Gasteiger partial charge in [0.15, 0.2) is 0 Å². The van der Waals surface area contributed by atoms with Gasteiger partial charge in [-0.2, -0.15) is 10.2 Å². The maximum atomic E-state index is 11.6. The number of hydrogen-bond acceptors (Lipinski definition) is 4. The summed E-state index contributed by atoms with van der Waals surface area (Å²) >= 11 is 0. The number of hydrogen-bond donors (Lipinski definition) is 1. The SMILES string of the molecule is CCn1cc(-c2nn3c(c2C(=O)O)O[C@@H](C)CC3)cn1. The molecule has 1 atom stereocenters. The van der Waals surface area contributed by atoms with Gasteiger partial charge >= 0.3 is 5.97 Å². The van der Waals surface area contributed by atoms with Crippen molar-refractivity contribution in [1.82, 2.24) is 19.6 Å². The Balaban J connectivity index is 2.13. The van der Waals surface area contributed by atoms with Gasteiger partial charge in [-0.15, -0.1) is 0 Å². The summed E-state index contributed by atoms with van der Waals surface area (Å²) in [5.41, 5.74) is 1.23. The molecule has 7 nitrogen and oxygen atoms in total. The molecule has 20 heavy (non-hydrogen) atoms. The van der Waals surface area contributed by atoms with Crippen LogP contribution in [0, 0.1) is 0 Å². The van der Waals surface area contributed by atoms with Crippen LogP contribution in [0.4, 0.5) is 0 Å². The lowest BCUT2D eigenvalue weighted by Gasteiger charge is -2.21. The zero-order valence-corrected chi connectivity index (χ0v) is 11.4. The molecule has 0 radical (unpaired) electrons. The van der Waals surface area contributed by atoms with Crippen LogP contribution >= 0.6 is 0 Å². The number of carboxylic acid groups (broad SMARTS) is 1. The lowest BCUT2D eigenvalue weighted by molar-refractivity contribution is 0.0684. The summed E-state index contributed by atoms with van der Waals surface area (Å²) in [4.78, 5) is 11.6. The fraction of sp³-hybridized carbons (Fsp3) is 0.462. The first-order valence-electron chi connectivity index (χ1n) is 6.63. The third-order valence-electron chi connectivity index (χ3n) is 3.41. The van der Waals surface area contributed by atoms with Crippen molar-refractivity contribution in [2.45, 2.75) is 39.5 Å². The smallest absolute Gasteiger partial charge is 0.343 e. The molecule has 0 saturated carbocycles. The Bertz CT molecular complexity index is 659. The van der Waals surface area contributed by atoms with Gasteiger partial charge in [-0.05, 0) is 13.8 Å². The highest BCUT2D eigenvalue weighted by Crippen LogP contribution is 2.33. The number of carbonyl (C=O) groups is 1. The average molecular weight is 276 g/mol. The molecule has 0 bridgehead atoms. The van der Waals surface area contributed by atoms with Gasteiger partial charge in [0.25, 0.3) is 0 Å². The van der Waals surface area contributed by atoms with Crippen molar-refractivity contribution >= 4 is 5.97 Å². The second-order valence-electron chi connectivity index (χ2n) is 4.86. The first-order chi connectivity index (χ1) is 9.60. The van der Waals surface area contributed by atoms with Gasteiger partial charge in [0.2, 0.25) is 5.88 Å². The predicted molar refractivity (Wildman–Crippen MR) is 70.8 cm³/mol. The molecule has 2 aromatic heterocycles. The second kappa shape index (κ2) is 4.66. The Morgan fingerprint density at radius 1 is 1.60 bits per heavy atom. The van der Waals surface area contributed by atoms with E-state index in [0.717, 1.165) is 13.0 Å². The highest BCUT2D eigenvalue weighted by atomic mass is 16.5. The number of aromatic nitrogens is 4. The van der Waals surface area contributed by atoms with Crippen molar-refractivity contribution in [3.8, 4) is 17.1 Å². The normalized spacial score (nSPS) is 17.6.